The van der Waals surface area contributed by atoms with Gasteiger partial charge >= 0.3 is 5.97 Å². The van der Waals surface area contributed by atoms with Crippen molar-refractivity contribution in [2.45, 2.75) is 0 Å². The average Bonchev–Trinajstić information content (AvgIpc) is 3.08. The first-order valence-corrected chi connectivity index (χ1v) is 7.92. The molecule has 2 aromatic carbocycles. The molecule has 0 unspecified atom stereocenters. The summed E-state index contributed by atoms with van der Waals surface area (Å²) in [6, 6.07) is 18.5. The molecule has 6 heteroatoms. The second kappa shape index (κ2) is 8.01. The number of carbonyl (C=O) groups is 2. The van der Waals surface area contributed by atoms with Crippen molar-refractivity contribution in [3.8, 4) is 5.75 Å². The van der Waals surface area contributed by atoms with Gasteiger partial charge in [-0.15, -0.1) is 0 Å². The maximum absolute atomic E-state index is 12.0. The molecule has 1 aromatic heterocycles. The molecule has 0 saturated heterocycles. The monoisotopic (exact) mass is 338 g/mol. The fraction of sp³-hybridized carbons (Fsp3) is 0.158. The smallest absolute Gasteiger partial charge is 0.355 e. The van der Waals surface area contributed by atoms with Gasteiger partial charge in [0.25, 0.3) is 5.91 Å². The number of hydrogen-bond acceptors (Lipinski definition) is 4. The van der Waals surface area contributed by atoms with Gasteiger partial charge in [-0.25, -0.2) is 4.79 Å². The summed E-state index contributed by atoms with van der Waals surface area (Å²) in [5, 5.41) is 3.55. The van der Waals surface area contributed by atoms with Gasteiger partial charge in [-0.05, 0) is 24.3 Å². The summed E-state index contributed by atoms with van der Waals surface area (Å²) in [7, 11) is 0. The minimum Gasteiger partial charge on any atom is -0.492 e. The predicted molar refractivity (Wildman–Crippen MR) is 93.5 cm³/mol. The van der Waals surface area contributed by atoms with Gasteiger partial charge in [0.15, 0.2) is 6.61 Å². The Morgan fingerprint density at radius 2 is 1.76 bits per heavy atom. The summed E-state index contributed by atoms with van der Waals surface area (Å²) in [6.45, 7) is 0.336. The number of rotatable bonds is 7. The van der Waals surface area contributed by atoms with Crippen LogP contribution in [0.25, 0.3) is 10.9 Å². The Morgan fingerprint density at radius 1 is 1.00 bits per heavy atom. The molecule has 1 amide bonds. The molecule has 0 spiro atoms. The molecule has 0 bridgehead atoms. The van der Waals surface area contributed by atoms with Crippen molar-refractivity contribution in [3.63, 3.8) is 0 Å². The molecule has 6 nitrogen and oxygen atoms in total. The Kier molecular flexibility index (Phi) is 5.31. The van der Waals surface area contributed by atoms with Crippen LogP contribution in [0.5, 0.6) is 5.75 Å². The maximum Gasteiger partial charge on any atom is 0.355 e. The summed E-state index contributed by atoms with van der Waals surface area (Å²) in [5.74, 6) is -0.199. The van der Waals surface area contributed by atoms with Crippen LogP contribution in [-0.2, 0) is 9.53 Å². The van der Waals surface area contributed by atoms with Crippen molar-refractivity contribution >= 4 is 22.8 Å². The quantitative estimate of drug-likeness (QED) is 0.512. The van der Waals surface area contributed by atoms with Crippen LogP contribution in [0.3, 0.4) is 0 Å². The number of benzene rings is 2. The van der Waals surface area contributed by atoms with Crippen molar-refractivity contribution in [2.24, 2.45) is 0 Å². The standard InChI is InChI=1S/C19H18N2O4/c22-18(20-10-11-24-15-7-2-1-3-8-15)13-25-19(23)17-12-14-6-4-5-9-16(14)21-17/h1-9,12,21H,10-11,13H2,(H,20,22). The van der Waals surface area contributed by atoms with E-state index in [1.165, 1.54) is 0 Å². The normalized spacial score (nSPS) is 10.4. The van der Waals surface area contributed by atoms with Crippen LogP contribution in [-0.4, -0.2) is 36.6 Å². The summed E-state index contributed by atoms with van der Waals surface area (Å²) >= 11 is 0. The van der Waals surface area contributed by atoms with Crippen LogP contribution in [0.2, 0.25) is 0 Å². The third-order valence-corrected chi connectivity index (χ3v) is 3.52. The molecule has 0 atom stereocenters. The molecule has 0 radical (unpaired) electrons. The van der Waals surface area contributed by atoms with E-state index in [1.807, 2.05) is 54.6 Å². The van der Waals surface area contributed by atoms with Gasteiger partial charge in [-0.3, -0.25) is 4.79 Å². The van der Waals surface area contributed by atoms with Crippen LogP contribution in [0.4, 0.5) is 0 Å². The molecule has 1 heterocycles. The van der Waals surface area contributed by atoms with Gasteiger partial charge in [-0.1, -0.05) is 36.4 Å². The number of aromatic amines is 1. The fourth-order valence-electron chi connectivity index (χ4n) is 2.32. The minimum absolute atomic E-state index is 0.321. The summed E-state index contributed by atoms with van der Waals surface area (Å²) in [6.07, 6.45) is 0. The van der Waals surface area contributed by atoms with E-state index in [4.69, 9.17) is 9.47 Å². The van der Waals surface area contributed by atoms with Gasteiger partial charge in [0.2, 0.25) is 0 Å². The van der Waals surface area contributed by atoms with Gasteiger partial charge < -0.3 is 19.8 Å². The number of esters is 1. The van der Waals surface area contributed by atoms with E-state index in [0.29, 0.717) is 18.8 Å². The van der Waals surface area contributed by atoms with E-state index < -0.39 is 5.97 Å². The number of hydrogen-bond donors (Lipinski definition) is 2. The van der Waals surface area contributed by atoms with Crippen molar-refractivity contribution in [1.82, 2.24) is 10.3 Å². The zero-order chi connectivity index (χ0) is 17.5. The van der Waals surface area contributed by atoms with E-state index >= 15 is 0 Å². The Labute approximate surface area is 144 Å². The van der Waals surface area contributed by atoms with E-state index in [2.05, 4.69) is 10.3 Å². The summed E-state index contributed by atoms with van der Waals surface area (Å²) < 4.78 is 10.5. The Bertz CT molecular complexity index is 825. The molecule has 0 saturated carbocycles. The van der Waals surface area contributed by atoms with Crippen molar-refractivity contribution < 1.29 is 19.1 Å². The minimum atomic E-state index is -0.563. The Balaban J connectivity index is 1.39. The first-order chi connectivity index (χ1) is 12.2. The number of H-pyrrole nitrogens is 1. The van der Waals surface area contributed by atoms with E-state index in [1.54, 1.807) is 6.07 Å². The molecule has 3 aromatic rings. The highest BCUT2D eigenvalue weighted by Crippen LogP contribution is 2.15. The zero-order valence-corrected chi connectivity index (χ0v) is 13.5. The van der Waals surface area contributed by atoms with E-state index in [9.17, 15) is 9.59 Å². The number of aromatic nitrogens is 1. The molecule has 0 aliphatic rings. The lowest BCUT2D eigenvalue weighted by molar-refractivity contribution is -0.124. The number of nitrogens with one attached hydrogen (secondary N) is 2. The topological polar surface area (TPSA) is 80.4 Å². The van der Waals surface area contributed by atoms with Gasteiger partial charge in [0.1, 0.15) is 18.1 Å². The number of fused-ring (bicyclic) bond motifs is 1. The van der Waals surface area contributed by atoms with Gasteiger partial charge in [0.05, 0.1) is 6.54 Å². The van der Waals surface area contributed by atoms with Crippen LogP contribution < -0.4 is 10.1 Å². The predicted octanol–water partition coefficient (Wildman–Crippen LogP) is 2.52. The summed E-state index contributed by atoms with van der Waals surface area (Å²) in [4.78, 5) is 26.6. The van der Waals surface area contributed by atoms with Crippen molar-refractivity contribution in [1.29, 1.82) is 0 Å². The molecule has 25 heavy (non-hydrogen) atoms. The first-order valence-electron chi connectivity index (χ1n) is 7.92. The Morgan fingerprint density at radius 3 is 2.56 bits per heavy atom. The molecular weight excluding hydrogens is 320 g/mol. The molecule has 0 aliphatic carbocycles. The fourth-order valence-corrected chi connectivity index (χ4v) is 2.32. The Hall–Kier alpha value is -3.28. The van der Waals surface area contributed by atoms with E-state index in [0.717, 1.165) is 16.7 Å². The van der Waals surface area contributed by atoms with Crippen LogP contribution in [0, 0.1) is 0 Å². The lowest BCUT2D eigenvalue weighted by Crippen LogP contribution is -2.32. The number of amides is 1. The first kappa shape index (κ1) is 16.6. The number of ether oxygens (including phenoxy) is 2. The summed E-state index contributed by atoms with van der Waals surface area (Å²) in [5.41, 5.74) is 1.17. The lowest BCUT2D eigenvalue weighted by atomic mass is 10.2. The average molecular weight is 338 g/mol. The molecule has 3 rings (SSSR count). The van der Waals surface area contributed by atoms with E-state index in [-0.39, 0.29) is 12.5 Å². The SMILES string of the molecule is O=C(COC(=O)c1cc2ccccc2[nH]1)NCCOc1ccccc1. The van der Waals surface area contributed by atoms with Gasteiger partial charge in [0, 0.05) is 10.9 Å². The number of para-hydroxylation sites is 2. The molecule has 2 N–H and O–H groups in total. The highest BCUT2D eigenvalue weighted by molar-refractivity contribution is 5.95. The van der Waals surface area contributed by atoms with Crippen molar-refractivity contribution in [3.05, 3.63) is 66.4 Å². The number of carbonyl (C=O) groups excluding carboxylic acids is 2. The highest BCUT2D eigenvalue weighted by Gasteiger charge is 2.12. The molecular formula is C19H18N2O4. The molecule has 128 valence electrons. The highest BCUT2D eigenvalue weighted by atomic mass is 16.5. The third-order valence-electron chi connectivity index (χ3n) is 3.52. The van der Waals surface area contributed by atoms with Crippen LogP contribution >= 0.6 is 0 Å². The lowest BCUT2D eigenvalue weighted by Gasteiger charge is -2.08. The molecule has 0 aliphatic heterocycles. The van der Waals surface area contributed by atoms with Crippen molar-refractivity contribution in [2.75, 3.05) is 19.8 Å². The van der Waals surface area contributed by atoms with Gasteiger partial charge in [-0.2, -0.15) is 0 Å². The maximum atomic E-state index is 12.0. The molecule has 0 fully saturated rings. The van der Waals surface area contributed by atoms with Crippen LogP contribution in [0.1, 0.15) is 10.5 Å². The second-order valence-electron chi connectivity index (χ2n) is 5.36. The second-order valence-corrected chi connectivity index (χ2v) is 5.36. The largest absolute Gasteiger partial charge is 0.492 e. The third kappa shape index (κ3) is 4.60. The zero-order valence-electron chi connectivity index (χ0n) is 13.5. The van der Waals surface area contributed by atoms with Crippen LogP contribution in [0.15, 0.2) is 60.7 Å².